The highest BCUT2D eigenvalue weighted by Gasteiger charge is 2.21. The number of hydrogen-bond donors (Lipinski definition) is 1. The first-order valence-electron chi connectivity index (χ1n) is 5.50. The largest absolute Gasteiger partial charge is 0.381 e. The molecular formula is C12H13F2NO2. The summed E-state index contributed by atoms with van der Waals surface area (Å²) in [5, 5.41) is 2.52. The molecule has 17 heavy (non-hydrogen) atoms. The molecule has 0 aliphatic carbocycles. The van der Waals surface area contributed by atoms with Crippen molar-refractivity contribution in [3.63, 3.8) is 0 Å². The maximum absolute atomic E-state index is 12.9. The topological polar surface area (TPSA) is 38.3 Å². The molecule has 0 atom stereocenters. The molecule has 92 valence electrons. The van der Waals surface area contributed by atoms with Gasteiger partial charge in [0.1, 0.15) is 11.6 Å². The number of nitrogens with one attached hydrogen (secondary N) is 1. The molecule has 0 bridgehead atoms. The van der Waals surface area contributed by atoms with Gasteiger partial charge in [0.2, 0.25) is 5.91 Å². The van der Waals surface area contributed by atoms with Crippen LogP contribution in [0, 0.1) is 17.6 Å². The molecule has 0 unspecified atom stereocenters. The summed E-state index contributed by atoms with van der Waals surface area (Å²) in [6, 6.07) is 2.96. The van der Waals surface area contributed by atoms with Crippen molar-refractivity contribution in [1.82, 2.24) is 0 Å². The van der Waals surface area contributed by atoms with Gasteiger partial charge in [0.05, 0.1) is 0 Å². The Morgan fingerprint density at radius 2 is 1.76 bits per heavy atom. The van der Waals surface area contributed by atoms with Gasteiger partial charge in [-0.1, -0.05) is 0 Å². The number of hydrogen-bond acceptors (Lipinski definition) is 2. The van der Waals surface area contributed by atoms with E-state index in [-0.39, 0.29) is 17.5 Å². The van der Waals surface area contributed by atoms with Crippen LogP contribution in [0.5, 0.6) is 0 Å². The predicted octanol–water partition coefficient (Wildman–Crippen LogP) is 2.33. The fourth-order valence-corrected chi connectivity index (χ4v) is 1.83. The average molecular weight is 241 g/mol. The van der Waals surface area contributed by atoms with E-state index in [9.17, 15) is 13.6 Å². The second-order valence-corrected chi connectivity index (χ2v) is 4.03. The third kappa shape index (κ3) is 3.23. The molecule has 1 aliphatic rings. The van der Waals surface area contributed by atoms with Crippen molar-refractivity contribution in [1.29, 1.82) is 0 Å². The second kappa shape index (κ2) is 5.23. The lowest BCUT2D eigenvalue weighted by molar-refractivity contribution is -0.122. The van der Waals surface area contributed by atoms with Gasteiger partial charge >= 0.3 is 0 Å². The van der Waals surface area contributed by atoms with Gasteiger partial charge < -0.3 is 10.1 Å². The van der Waals surface area contributed by atoms with Gasteiger partial charge in [0.15, 0.2) is 0 Å². The Balaban J connectivity index is 2.01. The van der Waals surface area contributed by atoms with Crippen LogP contribution in [0.1, 0.15) is 12.8 Å². The molecule has 1 aromatic rings. The van der Waals surface area contributed by atoms with Crippen LogP contribution in [-0.4, -0.2) is 19.1 Å². The first-order valence-corrected chi connectivity index (χ1v) is 5.50. The maximum atomic E-state index is 12.9. The molecule has 0 radical (unpaired) electrons. The normalized spacial score (nSPS) is 16.8. The SMILES string of the molecule is O=C(Nc1cc(F)cc(F)c1)C1CCOCC1. The van der Waals surface area contributed by atoms with E-state index in [1.165, 1.54) is 0 Å². The number of carbonyl (C=O) groups is 1. The Morgan fingerprint density at radius 1 is 1.18 bits per heavy atom. The lowest BCUT2D eigenvalue weighted by Gasteiger charge is -2.21. The van der Waals surface area contributed by atoms with E-state index in [1.54, 1.807) is 0 Å². The smallest absolute Gasteiger partial charge is 0.227 e. The highest BCUT2D eigenvalue weighted by molar-refractivity contribution is 5.92. The van der Waals surface area contributed by atoms with Crippen molar-refractivity contribution in [2.75, 3.05) is 18.5 Å². The highest BCUT2D eigenvalue weighted by atomic mass is 19.1. The van der Waals surface area contributed by atoms with E-state index in [1.807, 2.05) is 0 Å². The summed E-state index contributed by atoms with van der Waals surface area (Å²) < 4.78 is 31.0. The predicted molar refractivity (Wildman–Crippen MR) is 58.5 cm³/mol. The fourth-order valence-electron chi connectivity index (χ4n) is 1.83. The first-order chi connectivity index (χ1) is 8.15. The number of amides is 1. The minimum absolute atomic E-state index is 0.143. The molecule has 1 amide bonds. The van der Waals surface area contributed by atoms with Crippen LogP contribution >= 0.6 is 0 Å². The molecule has 5 heteroatoms. The third-order valence-corrected chi connectivity index (χ3v) is 2.72. The van der Waals surface area contributed by atoms with E-state index in [0.717, 1.165) is 18.2 Å². The Bertz CT molecular complexity index is 397. The minimum Gasteiger partial charge on any atom is -0.381 e. The van der Waals surface area contributed by atoms with Crippen LogP contribution in [0.15, 0.2) is 18.2 Å². The molecule has 1 saturated heterocycles. The molecular weight excluding hydrogens is 228 g/mol. The first kappa shape index (κ1) is 12.0. The molecule has 0 aromatic heterocycles. The fraction of sp³-hybridized carbons (Fsp3) is 0.417. The van der Waals surface area contributed by atoms with Crippen molar-refractivity contribution in [3.05, 3.63) is 29.8 Å². The average Bonchev–Trinajstić information content (AvgIpc) is 2.28. The number of carbonyl (C=O) groups excluding carboxylic acids is 1. The van der Waals surface area contributed by atoms with E-state index < -0.39 is 11.6 Å². The van der Waals surface area contributed by atoms with Crippen LogP contribution in [0.3, 0.4) is 0 Å². The van der Waals surface area contributed by atoms with E-state index in [4.69, 9.17) is 4.74 Å². The Hall–Kier alpha value is -1.49. The van der Waals surface area contributed by atoms with Crippen LogP contribution in [0.25, 0.3) is 0 Å². The summed E-state index contributed by atoms with van der Waals surface area (Å²) in [7, 11) is 0. The zero-order valence-corrected chi connectivity index (χ0v) is 9.21. The molecule has 0 saturated carbocycles. The van der Waals surface area contributed by atoms with E-state index >= 15 is 0 Å². The Labute approximate surface area is 97.8 Å². The summed E-state index contributed by atoms with van der Waals surface area (Å²) in [5.74, 6) is -1.76. The molecule has 1 N–H and O–H groups in total. The van der Waals surface area contributed by atoms with E-state index in [2.05, 4.69) is 5.32 Å². The lowest BCUT2D eigenvalue weighted by Crippen LogP contribution is -2.28. The summed E-state index contributed by atoms with van der Waals surface area (Å²) in [5.41, 5.74) is 0.152. The number of halogens is 2. The van der Waals surface area contributed by atoms with Gasteiger partial charge in [-0.25, -0.2) is 8.78 Å². The van der Waals surface area contributed by atoms with E-state index in [0.29, 0.717) is 26.1 Å². The summed E-state index contributed by atoms with van der Waals surface area (Å²) in [6.07, 6.45) is 1.28. The summed E-state index contributed by atoms with van der Waals surface area (Å²) >= 11 is 0. The quantitative estimate of drug-likeness (QED) is 0.863. The van der Waals surface area contributed by atoms with Gasteiger partial charge in [-0.3, -0.25) is 4.79 Å². The molecule has 1 fully saturated rings. The number of ether oxygens (including phenoxy) is 1. The number of anilines is 1. The van der Waals surface area contributed by atoms with Gasteiger partial charge in [-0.2, -0.15) is 0 Å². The van der Waals surface area contributed by atoms with Crippen molar-refractivity contribution < 1.29 is 18.3 Å². The lowest BCUT2D eigenvalue weighted by atomic mass is 9.99. The van der Waals surface area contributed by atoms with Gasteiger partial charge in [-0.15, -0.1) is 0 Å². The summed E-state index contributed by atoms with van der Waals surface area (Å²) in [4.78, 5) is 11.8. The van der Waals surface area contributed by atoms with Gasteiger partial charge in [0.25, 0.3) is 0 Å². The van der Waals surface area contributed by atoms with Gasteiger partial charge in [-0.05, 0) is 25.0 Å². The third-order valence-electron chi connectivity index (χ3n) is 2.72. The van der Waals surface area contributed by atoms with Gasteiger partial charge in [0, 0.05) is 30.9 Å². The zero-order chi connectivity index (χ0) is 12.3. The Morgan fingerprint density at radius 3 is 2.35 bits per heavy atom. The zero-order valence-electron chi connectivity index (χ0n) is 9.21. The van der Waals surface area contributed by atoms with Crippen molar-refractivity contribution >= 4 is 11.6 Å². The van der Waals surface area contributed by atoms with Crippen LogP contribution in [-0.2, 0) is 9.53 Å². The molecule has 3 nitrogen and oxygen atoms in total. The molecule has 1 aliphatic heterocycles. The van der Waals surface area contributed by atoms with Crippen LogP contribution < -0.4 is 5.32 Å². The minimum atomic E-state index is -0.702. The monoisotopic (exact) mass is 241 g/mol. The van der Waals surface area contributed by atoms with Crippen LogP contribution in [0.4, 0.5) is 14.5 Å². The molecule has 0 spiro atoms. The molecule has 1 aromatic carbocycles. The number of rotatable bonds is 2. The molecule has 2 rings (SSSR count). The van der Waals surface area contributed by atoms with Crippen molar-refractivity contribution in [3.8, 4) is 0 Å². The standard InChI is InChI=1S/C12H13F2NO2/c13-9-5-10(14)7-11(6-9)15-12(16)8-1-3-17-4-2-8/h5-8H,1-4H2,(H,15,16). The number of benzene rings is 1. The van der Waals surface area contributed by atoms with Crippen molar-refractivity contribution in [2.24, 2.45) is 5.92 Å². The maximum Gasteiger partial charge on any atom is 0.227 e. The van der Waals surface area contributed by atoms with Crippen LogP contribution in [0.2, 0.25) is 0 Å². The Kier molecular flexibility index (Phi) is 3.68. The van der Waals surface area contributed by atoms with Crippen molar-refractivity contribution in [2.45, 2.75) is 12.8 Å². The molecule has 1 heterocycles. The highest BCUT2D eigenvalue weighted by Crippen LogP contribution is 2.18. The second-order valence-electron chi connectivity index (χ2n) is 4.03. The summed E-state index contributed by atoms with van der Waals surface area (Å²) in [6.45, 7) is 1.10.